The van der Waals surface area contributed by atoms with Gasteiger partial charge in [-0.2, -0.15) is 0 Å². The second-order valence-electron chi connectivity index (χ2n) is 36.4. The summed E-state index contributed by atoms with van der Waals surface area (Å²) in [7, 11) is -4.62. The van der Waals surface area contributed by atoms with Gasteiger partial charge in [-0.05, 0) is 229 Å². The van der Waals surface area contributed by atoms with Crippen LogP contribution >= 0.6 is 15.9 Å². The summed E-state index contributed by atoms with van der Waals surface area (Å²) in [5, 5.41) is 28.7. The summed E-state index contributed by atoms with van der Waals surface area (Å²) >= 11 is 3.56. The third-order valence-electron chi connectivity index (χ3n) is 20.0. The van der Waals surface area contributed by atoms with Gasteiger partial charge in [0.2, 0.25) is 11.7 Å². The molecule has 25 nitrogen and oxygen atoms in total. The highest BCUT2D eigenvalue weighted by atomic mass is 79.9. The monoisotopic (exact) mass is 1740 g/mol. The van der Waals surface area contributed by atoms with Crippen molar-refractivity contribution in [1.29, 1.82) is 0 Å². The Bertz CT molecular complexity index is 4830. The van der Waals surface area contributed by atoms with E-state index in [1.807, 2.05) is 27.7 Å². The standard InChI is InChI=1S/C29H43BrN2O8.C29H23F2NO11.C28H40F2O3Si2/c1-26(2,3)38-22(33)14-32(15-23(34)39-27(4,5)6)20-12-18(25-31-29(10,11)17-37-25)19(30)13-21(20)36-16-24(35)40-28(7,8)9;1-29(2)17-6-22(35)19(30)3-14(17)28(15-4-20(31)23(36)7-18(15)29)16-5-25(42-10-27(39)40)21(8-24(16)43-13-34)32(9-26(37)38)11-41-12-33;1-26(2,3)34(9,10)32-23-15-19-17(13-21(23)29)25(31)18-14-22(30)24(16-20(18)28(19,7)8)33-35(11,12)27(4,5)6/h12-13H,14-17H2,1-11H3;3-8,12-13,35H,9-11H2,1-2H3,(H,37,38)(H,39,40);13-16H,1-12H3. The summed E-state index contributed by atoms with van der Waals surface area (Å²) in [5.74, 6) is -9.51. The van der Waals surface area contributed by atoms with Crippen molar-refractivity contribution in [2.75, 3.05) is 56.0 Å². The normalized spacial score (nSPS) is 15.3. The van der Waals surface area contributed by atoms with E-state index in [9.17, 15) is 67.3 Å². The fourth-order valence-corrected chi connectivity index (χ4v) is 14.9. The number of aliphatic imine (C=N–C) groups is 1. The largest absolute Gasteiger partial charge is 0.542 e. The van der Waals surface area contributed by atoms with Gasteiger partial charge in [0.15, 0.2) is 54.8 Å². The third-order valence-corrected chi connectivity index (χ3v) is 29.4. The average molecular weight is 1750 g/mol. The van der Waals surface area contributed by atoms with Gasteiger partial charge in [0.05, 0.1) is 22.5 Å². The molecule has 1 aliphatic heterocycles. The van der Waals surface area contributed by atoms with E-state index >= 15 is 8.78 Å². The summed E-state index contributed by atoms with van der Waals surface area (Å²) in [6, 6.07) is 13.6. The van der Waals surface area contributed by atoms with Crippen LogP contribution < -0.4 is 32.9 Å². The van der Waals surface area contributed by atoms with Crippen LogP contribution in [0.15, 0.2) is 99.3 Å². The van der Waals surface area contributed by atoms with Crippen LogP contribution in [-0.2, 0) is 72.9 Å². The molecule has 4 aliphatic rings. The highest BCUT2D eigenvalue weighted by molar-refractivity contribution is 9.10. The van der Waals surface area contributed by atoms with Gasteiger partial charge in [0.25, 0.3) is 29.6 Å². The maximum absolute atomic E-state index is 15.2. The Morgan fingerprint density at radius 1 is 0.542 bits per heavy atom. The van der Waals surface area contributed by atoms with E-state index < -0.39 is 141 Å². The molecule has 3 aliphatic carbocycles. The van der Waals surface area contributed by atoms with Gasteiger partial charge < -0.3 is 71.9 Å². The Morgan fingerprint density at radius 3 is 1.47 bits per heavy atom. The molecule has 0 atom stereocenters. The summed E-state index contributed by atoms with van der Waals surface area (Å²) < 4.78 is 117. The van der Waals surface area contributed by atoms with Gasteiger partial charge in [0.1, 0.15) is 71.8 Å². The molecule has 0 bridgehead atoms. The fourth-order valence-electron chi connectivity index (χ4n) is 12.4. The average Bonchev–Trinajstić information content (AvgIpc) is 0.905. The highest BCUT2D eigenvalue weighted by Crippen LogP contribution is 2.55. The van der Waals surface area contributed by atoms with Crippen LogP contribution in [0.3, 0.4) is 0 Å². The quantitative estimate of drug-likeness (QED) is 0.0122. The first-order valence-corrected chi connectivity index (χ1v) is 44.3. The lowest BCUT2D eigenvalue weighted by Gasteiger charge is -2.39. The Morgan fingerprint density at radius 2 is 1.02 bits per heavy atom. The molecule has 0 spiro atoms. The fraction of sp³-hybridized carbons (Fsp3) is 0.465. The molecule has 640 valence electrons. The molecule has 0 amide bonds. The van der Waals surface area contributed by atoms with E-state index in [1.165, 1.54) is 17.0 Å². The lowest BCUT2D eigenvalue weighted by molar-refractivity contribution is -0.158. The smallest absolute Gasteiger partial charge is 0.344 e. The lowest BCUT2D eigenvalue weighted by atomic mass is 9.64. The molecule has 9 rings (SSSR count). The zero-order valence-electron chi connectivity index (χ0n) is 71.4. The number of carboxylic acid groups (broad SMARTS) is 2. The third kappa shape index (κ3) is 22.9. The Balaban J connectivity index is 0.000000246. The number of anilines is 2. The van der Waals surface area contributed by atoms with Crippen LogP contribution in [0.25, 0.3) is 5.57 Å². The number of carboxylic acids is 2. The van der Waals surface area contributed by atoms with Crippen molar-refractivity contribution in [3.63, 3.8) is 0 Å². The molecule has 0 unspecified atom stereocenters. The van der Waals surface area contributed by atoms with Crippen molar-refractivity contribution in [1.82, 2.24) is 0 Å². The van der Waals surface area contributed by atoms with E-state index in [4.69, 9.17) is 46.7 Å². The number of rotatable bonds is 25. The van der Waals surface area contributed by atoms with Crippen LogP contribution in [-0.4, -0.2) is 161 Å². The van der Waals surface area contributed by atoms with Crippen molar-refractivity contribution in [2.45, 2.75) is 215 Å². The van der Waals surface area contributed by atoms with E-state index in [0.717, 1.165) is 41.3 Å². The van der Waals surface area contributed by atoms with Gasteiger partial charge in [-0.1, -0.05) is 69.2 Å². The number of phenols is 1. The van der Waals surface area contributed by atoms with Crippen LogP contribution in [0.2, 0.25) is 36.3 Å². The number of benzene rings is 5. The van der Waals surface area contributed by atoms with Crippen LogP contribution in [0, 0.1) is 17.5 Å². The van der Waals surface area contributed by atoms with E-state index in [2.05, 4.69) is 88.7 Å². The van der Waals surface area contributed by atoms with Crippen LogP contribution in [0.5, 0.6) is 34.5 Å². The molecule has 0 aromatic heterocycles. The lowest BCUT2D eigenvalue weighted by Crippen LogP contribution is -2.44. The first-order chi connectivity index (χ1) is 53.9. The minimum absolute atomic E-state index is 0.0135. The van der Waals surface area contributed by atoms with Crippen molar-refractivity contribution < 1.29 is 123 Å². The van der Waals surface area contributed by atoms with Gasteiger partial charge in [0, 0.05) is 43.6 Å². The SMILES string of the molecule is CC1(C)C2=CC(=O)C(F)=CC2=C(c2cc(OCC(=O)O)c(N(COC=O)CC(=O)O)cc2OC=O)c2cc(F)c(O)cc21.CC1(C)COC(c2cc(N(CC(=O)OC(C)(C)C)CC(=O)OC(C)(C)C)c(OCC(=O)OC(C)(C)C)cc2Br)=N1.CC1(C)c2cc(O[Si](C)(C)C(C)(C)C)c(F)cc2C(=O)c2cc(F)c(O[Si](C)(C)C(C)(C)C)cc21. The Labute approximate surface area is 695 Å². The van der Waals surface area contributed by atoms with Gasteiger partial charge in [-0.3, -0.25) is 33.6 Å². The van der Waals surface area contributed by atoms with Gasteiger partial charge in [-0.25, -0.2) is 32.1 Å². The maximum Gasteiger partial charge on any atom is 0.344 e. The van der Waals surface area contributed by atoms with E-state index in [0.29, 0.717) is 44.9 Å². The molecule has 0 radical (unpaired) electrons. The minimum Gasteiger partial charge on any atom is -0.542 e. The number of aromatic hydroxyl groups is 1. The van der Waals surface area contributed by atoms with Gasteiger partial charge >= 0.3 is 29.8 Å². The molecule has 1 heterocycles. The van der Waals surface area contributed by atoms with Crippen LogP contribution in [0.1, 0.15) is 195 Å². The van der Waals surface area contributed by atoms with Crippen molar-refractivity contribution in [2.24, 2.45) is 4.99 Å². The number of aliphatic carboxylic acids is 2. The Hall–Kier alpha value is -10.3. The second-order valence-corrected chi connectivity index (χ2v) is 46.7. The Kier molecular flexibility index (Phi) is 28.4. The van der Waals surface area contributed by atoms with Crippen molar-refractivity contribution in [3.05, 3.63) is 156 Å². The number of nitrogens with zero attached hydrogens (tertiary/aromatic N) is 3. The molecular weight excluding hydrogens is 1640 g/mol. The zero-order chi connectivity index (χ0) is 89.3. The first kappa shape index (κ1) is 94.8. The maximum atomic E-state index is 15.2. The summed E-state index contributed by atoms with van der Waals surface area (Å²) in [5.41, 5.74) is -1.07. The van der Waals surface area contributed by atoms with Gasteiger partial charge in [-0.15, -0.1) is 0 Å². The van der Waals surface area contributed by atoms with E-state index in [1.54, 1.807) is 100 Å². The van der Waals surface area contributed by atoms with Crippen molar-refractivity contribution in [3.8, 4) is 34.5 Å². The molecule has 0 fully saturated rings. The number of phenolic OH excluding ortho intramolecular Hbond substituents is 1. The molecule has 0 saturated carbocycles. The number of carbonyl (C=O) groups is 9. The molecule has 3 N–H and O–H groups in total. The number of hydrogen-bond donors (Lipinski definition) is 3. The topological polar surface area (TPSA) is 325 Å². The van der Waals surface area contributed by atoms with Crippen LogP contribution in [0.4, 0.5) is 28.9 Å². The molecule has 5 aromatic carbocycles. The number of carbonyl (C=O) groups excluding carboxylic acids is 7. The number of esters is 3. The van der Waals surface area contributed by atoms with E-state index in [-0.39, 0.29) is 115 Å². The minimum atomic E-state index is -2.31. The molecular formula is C86H106BrF4N3O22Si2. The predicted octanol–water partition coefficient (Wildman–Crippen LogP) is 16.8. The highest BCUT2D eigenvalue weighted by Gasteiger charge is 2.46. The molecule has 32 heteroatoms. The number of ketones is 2. The number of fused-ring (bicyclic) bond motifs is 4. The first-order valence-electron chi connectivity index (χ1n) is 37.7. The molecule has 0 saturated heterocycles. The molecule has 5 aromatic rings. The zero-order valence-corrected chi connectivity index (χ0v) is 74.9. The molecule has 118 heavy (non-hydrogen) atoms. The predicted molar refractivity (Wildman–Crippen MR) is 443 cm³/mol. The number of halogens is 5. The summed E-state index contributed by atoms with van der Waals surface area (Å²) in [6.07, 6.45) is 1.98. The second kappa shape index (κ2) is 35.3. The number of ether oxygens (including phenoxy) is 8. The number of hydrogen-bond acceptors (Lipinski definition) is 23. The van der Waals surface area contributed by atoms with Crippen molar-refractivity contribution >= 4 is 110 Å². The summed E-state index contributed by atoms with van der Waals surface area (Å²) in [6.45, 7) is 44.9. The number of allylic oxidation sites excluding steroid dienone is 5. The summed E-state index contributed by atoms with van der Waals surface area (Å²) in [4.78, 5) is 117.